The van der Waals surface area contributed by atoms with Gasteiger partial charge >= 0.3 is 6.09 Å². The number of anilines is 1. The molecule has 164 valence electrons. The first-order valence-electron chi connectivity index (χ1n) is 9.97. The van der Waals surface area contributed by atoms with E-state index >= 15 is 0 Å². The fraction of sp³-hybridized carbons (Fsp3) is 0.400. The van der Waals surface area contributed by atoms with Gasteiger partial charge in [-0.2, -0.15) is 5.10 Å². The minimum absolute atomic E-state index is 0.0233. The second-order valence-corrected chi connectivity index (χ2v) is 7.06. The van der Waals surface area contributed by atoms with Gasteiger partial charge in [0.1, 0.15) is 11.6 Å². The summed E-state index contributed by atoms with van der Waals surface area (Å²) in [4.78, 5) is 22.7. The zero-order valence-electron chi connectivity index (χ0n) is 17.0. The highest BCUT2D eigenvalue weighted by Crippen LogP contribution is 2.39. The molecule has 0 radical (unpaired) electrons. The molecule has 1 aliphatic rings. The highest BCUT2D eigenvalue weighted by atomic mass is 19.1. The van der Waals surface area contributed by atoms with E-state index < -0.39 is 11.9 Å². The van der Waals surface area contributed by atoms with Gasteiger partial charge in [0.2, 0.25) is 11.5 Å². The van der Waals surface area contributed by atoms with Gasteiger partial charge in [0.05, 0.1) is 25.5 Å². The topological polar surface area (TPSA) is 114 Å². The summed E-state index contributed by atoms with van der Waals surface area (Å²) in [6.45, 7) is 0.996. The summed E-state index contributed by atoms with van der Waals surface area (Å²) < 4.78 is 26.1. The Kier molecular flexibility index (Phi) is 6.12. The molecule has 0 aliphatic carbocycles. The second kappa shape index (κ2) is 9.13. The minimum atomic E-state index is -0.648. The number of hydrogen-bond donors (Lipinski definition) is 2. The highest BCUT2D eigenvalue weighted by molar-refractivity contribution is 5.73. The number of aliphatic hydroxyl groups is 1. The van der Waals surface area contributed by atoms with Crippen LogP contribution in [0.25, 0.3) is 5.65 Å². The fourth-order valence-corrected chi connectivity index (χ4v) is 3.69. The van der Waals surface area contributed by atoms with Gasteiger partial charge in [-0.3, -0.25) is 0 Å². The number of ether oxygens (including phenoxy) is 2. The lowest BCUT2D eigenvalue weighted by atomic mass is 10.1. The van der Waals surface area contributed by atoms with Crippen molar-refractivity contribution in [2.45, 2.75) is 25.3 Å². The Hall–Kier alpha value is -3.47. The lowest BCUT2D eigenvalue weighted by Crippen LogP contribution is -2.28. The van der Waals surface area contributed by atoms with Gasteiger partial charge in [0.25, 0.3) is 0 Å². The minimum Gasteiger partial charge on any atom is -0.481 e. The van der Waals surface area contributed by atoms with Crippen LogP contribution in [0.3, 0.4) is 0 Å². The molecule has 31 heavy (non-hydrogen) atoms. The van der Waals surface area contributed by atoms with Gasteiger partial charge in [-0.25, -0.2) is 23.7 Å². The number of fused-ring (bicyclic) bond motifs is 1. The molecule has 1 aliphatic heterocycles. The molecule has 0 aromatic carbocycles. The number of carbonyl (C=O) groups is 1. The molecule has 0 bridgehead atoms. The smallest absolute Gasteiger partial charge is 0.412 e. The molecule has 1 atom stereocenters. The summed E-state index contributed by atoms with van der Waals surface area (Å²) in [6, 6.07) is 3.10. The molecular weight excluding hydrogens is 407 g/mol. The van der Waals surface area contributed by atoms with Crippen LogP contribution in [0.4, 0.5) is 15.0 Å². The third-order valence-electron chi connectivity index (χ3n) is 5.07. The number of pyridine rings is 1. The maximum atomic E-state index is 13.9. The number of carbonyl (C=O) groups excluding carboxylic acids is 1. The molecule has 1 fully saturated rings. The van der Waals surface area contributed by atoms with E-state index in [0.717, 1.165) is 25.6 Å². The lowest BCUT2D eigenvalue weighted by molar-refractivity contribution is 0.199. The van der Waals surface area contributed by atoms with Crippen LogP contribution in [-0.2, 0) is 0 Å². The molecule has 1 saturated heterocycles. The number of halogens is 1. The van der Waals surface area contributed by atoms with E-state index in [2.05, 4.69) is 25.3 Å². The zero-order valence-corrected chi connectivity index (χ0v) is 17.0. The highest BCUT2D eigenvalue weighted by Gasteiger charge is 2.31. The van der Waals surface area contributed by atoms with Crippen LogP contribution in [0.5, 0.6) is 11.6 Å². The van der Waals surface area contributed by atoms with Gasteiger partial charge < -0.3 is 24.8 Å². The first-order chi connectivity index (χ1) is 15.1. The van der Waals surface area contributed by atoms with Crippen molar-refractivity contribution in [3.8, 4) is 11.6 Å². The largest absolute Gasteiger partial charge is 0.481 e. The molecule has 0 unspecified atom stereocenters. The van der Waals surface area contributed by atoms with Crippen LogP contribution in [0, 0.1) is 5.82 Å². The number of nitrogens with zero attached hydrogens (tertiary/aromatic N) is 5. The normalized spacial score (nSPS) is 16.0. The average Bonchev–Trinajstić information content (AvgIpc) is 3.41. The third kappa shape index (κ3) is 4.36. The number of amides is 1. The van der Waals surface area contributed by atoms with Crippen LogP contribution in [-0.4, -0.2) is 57.6 Å². The van der Waals surface area contributed by atoms with Crippen molar-refractivity contribution in [1.82, 2.24) is 24.9 Å². The Bertz CT molecular complexity index is 1080. The fourth-order valence-electron chi connectivity index (χ4n) is 3.69. The molecule has 0 saturated carbocycles. The van der Waals surface area contributed by atoms with E-state index in [1.54, 1.807) is 6.20 Å². The number of hydrogen-bond acceptors (Lipinski definition) is 8. The van der Waals surface area contributed by atoms with Crippen molar-refractivity contribution >= 4 is 17.6 Å². The van der Waals surface area contributed by atoms with Crippen molar-refractivity contribution in [2.75, 3.05) is 31.7 Å². The van der Waals surface area contributed by atoms with Crippen molar-refractivity contribution in [2.24, 2.45) is 0 Å². The van der Waals surface area contributed by atoms with Crippen LogP contribution in [0.15, 0.2) is 30.7 Å². The summed E-state index contributed by atoms with van der Waals surface area (Å²) >= 11 is 0. The molecule has 4 heterocycles. The van der Waals surface area contributed by atoms with Gasteiger partial charge in [-0.1, -0.05) is 0 Å². The van der Waals surface area contributed by atoms with E-state index in [4.69, 9.17) is 14.6 Å². The molecule has 11 heteroatoms. The second-order valence-electron chi connectivity index (χ2n) is 7.06. The van der Waals surface area contributed by atoms with Crippen LogP contribution >= 0.6 is 0 Å². The number of aliphatic hydroxyl groups excluding tert-OH is 1. The van der Waals surface area contributed by atoms with Crippen molar-refractivity contribution in [1.29, 1.82) is 0 Å². The van der Waals surface area contributed by atoms with Gasteiger partial charge in [-0.15, -0.1) is 0 Å². The standard InChI is InChI=1S/C20H23FN6O4/c1-30-19-14(10-13(21)11-23-19)15-4-2-7-26(15)17-5-8-27-18(25-17)16(12-24-27)31-20(29)22-6-3-9-28/h5,8,10-12,15,28H,2-4,6-7,9H2,1H3,(H,22,29)/t15-/m1/s1. The van der Waals surface area contributed by atoms with E-state index in [9.17, 15) is 9.18 Å². The van der Waals surface area contributed by atoms with Crippen LogP contribution in [0.2, 0.25) is 0 Å². The lowest BCUT2D eigenvalue weighted by Gasteiger charge is -2.26. The number of nitrogens with one attached hydrogen (secondary N) is 1. The first-order valence-corrected chi connectivity index (χ1v) is 9.97. The number of methoxy groups -OCH3 is 1. The van der Waals surface area contributed by atoms with Gasteiger partial charge in [-0.05, 0) is 31.4 Å². The monoisotopic (exact) mass is 430 g/mol. The molecule has 2 N–H and O–H groups in total. The predicted octanol–water partition coefficient (Wildman–Crippen LogP) is 2.08. The van der Waals surface area contributed by atoms with Crippen molar-refractivity contribution in [3.63, 3.8) is 0 Å². The molecule has 1 amide bonds. The molecule has 10 nitrogen and oxygen atoms in total. The van der Waals surface area contributed by atoms with E-state index in [1.165, 1.54) is 23.9 Å². The third-order valence-corrected chi connectivity index (χ3v) is 5.07. The van der Waals surface area contributed by atoms with Crippen molar-refractivity contribution in [3.05, 3.63) is 42.1 Å². The molecule has 0 spiro atoms. The Morgan fingerprint density at radius 2 is 2.29 bits per heavy atom. The Balaban J connectivity index is 1.60. The molecule has 3 aromatic heterocycles. The molecule has 3 aromatic rings. The first kappa shape index (κ1) is 20.8. The molecular formula is C20H23FN6O4. The summed E-state index contributed by atoms with van der Waals surface area (Å²) in [5, 5.41) is 15.5. The maximum absolute atomic E-state index is 13.9. The number of rotatable bonds is 7. The summed E-state index contributed by atoms with van der Waals surface area (Å²) in [6.07, 6.45) is 5.75. The van der Waals surface area contributed by atoms with Crippen LogP contribution < -0.4 is 19.7 Å². The zero-order chi connectivity index (χ0) is 21.8. The average molecular weight is 430 g/mol. The van der Waals surface area contributed by atoms with E-state index in [-0.39, 0.29) is 18.4 Å². The van der Waals surface area contributed by atoms with Gasteiger partial charge in [0, 0.05) is 31.5 Å². The van der Waals surface area contributed by atoms with E-state index in [1.807, 2.05) is 6.07 Å². The summed E-state index contributed by atoms with van der Waals surface area (Å²) in [5.41, 5.74) is 1.04. The SMILES string of the molecule is COc1ncc(F)cc1[C@H]1CCCN1c1ccn2ncc(OC(=O)NCCCO)c2n1. The van der Waals surface area contributed by atoms with Gasteiger partial charge in [0.15, 0.2) is 5.75 Å². The quantitative estimate of drug-likeness (QED) is 0.548. The summed E-state index contributed by atoms with van der Waals surface area (Å²) in [5.74, 6) is 0.813. The predicted molar refractivity (Wildman–Crippen MR) is 109 cm³/mol. The molecule has 4 rings (SSSR count). The van der Waals surface area contributed by atoms with Crippen molar-refractivity contribution < 1.29 is 23.8 Å². The summed E-state index contributed by atoms with van der Waals surface area (Å²) in [7, 11) is 1.51. The van der Waals surface area contributed by atoms with E-state index in [0.29, 0.717) is 35.9 Å². The Morgan fingerprint density at radius 1 is 1.42 bits per heavy atom. The maximum Gasteiger partial charge on any atom is 0.412 e. The Morgan fingerprint density at radius 3 is 3.10 bits per heavy atom. The van der Waals surface area contributed by atoms with Crippen LogP contribution in [0.1, 0.15) is 30.9 Å². The Labute approximate surface area is 177 Å². The number of aromatic nitrogens is 4.